The van der Waals surface area contributed by atoms with Crippen molar-refractivity contribution >= 4 is 8.32 Å². The van der Waals surface area contributed by atoms with Gasteiger partial charge in [0.15, 0.2) is 8.32 Å². The second-order valence-electron chi connectivity index (χ2n) is 5.01. The van der Waals surface area contributed by atoms with E-state index in [0.29, 0.717) is 5.04 Å². The molecule has 0 N–H and O–H groups in total. The van der Waals surface area contributed by atoms with Crippen molar-refractivity contribution in [3.05, 3.63) is 12.2 Å². The molecule has 0 rings (SSSR count). The molecule has 0 aromatic carbocycles. The minimum Gasteiger partial charge on any atom is -0.413 e. The minimum absolute atomic E-state index is 0.308. The standard InChI is InChI=1S/C10H22OSi/c1-9(2)8-11-12(6,7)10(3,4)5/h1,8H2,2-7H3. The highest BCUT2D eigenvalue weighted by Gasteiger charge is 2.36. The molecule has 0 heterocycles. The molecule has 0 saturated heterocycles. The summed E-state index contributed by atoms with van der Waals surface area (Å²) in [6, 6.07) is 0. The highest BCUT2D eigenvalue weighted by molar-refractivity contribution is 6.74. The first-order chi connectivity index (χ1) is 5.17. The van der Waals surface area contributed by atoms with Gasteiger partial charge in [-0.05, 0) is 25.1 Å². The molecule has 0 unspecified atom stereocenters. The van der Waals surface area contributed by atoms with E-state index in [1.807, 2.05) is 6.92 Å². The normalized spacial score (nSPS) is 13.2. The molecular formula is C10H22OSi. The highest BCUT2D eigenvalue weighted by atomic mass is 28.4. The van der Waals surface area contributed by atoms with Crippen molar-refractivity contribution in [1.29, 1.82) is 0 Å². The van der Waals surface area contributed by atoms with Crippen LogP contribution in [0.1, 0.15) is 27.7 Å². The summed E-state index contributed by atoms with van der Waals surface area (Å²) in [5, 5.41) is 0.308. The average molecular weight is 186 g/mol. The Hall–Kier alpha value is -0.0831. The van der Waals surface area contributed by atoms with Crippen LogP contribution in [-0.2, 0) is 4.43 Å². The summed E-state index contributed by atoms with van der Waals surface area (Å²) in [5.41, 5.74) is 1.11. The second kappa shape index (κ2) is 3.75. The molecule has 0 radical (unpaired) electrons. The first-order valence-corrected chi connectivity index (χ1v) is 7.36. The predicted molar refractivity (Wildman–Crippen MR) is 58.0 cm³/mol. The Kier molecular flexibility index (Phi) is 3.73. The Morgan fingerprint density at radius 2 is 1.75 bits per heavy atom. The lowest BCUT2D eigenvalue weighted by Gasteiger charge is -2.36. The van der Waals surface area contributed by atoms with Gasteiger partial charge in [0.1, 0.15) is 0 Å². The van der Waals surface area contributed by atoms with Gasteiger partial charge in [0.05, 0.1) is 6.61 Å². The van der Waals surface area contributed by atoms with Gasteiger partial charge in [-0.15, -0.1) is 0 Å². The van der Waals surface area contributed by atoms with Gasteiger partial charge in [0.25, 0.3) is 0 Å². The SMILES string of the molecule is C=C(C)CO[Si](C)(C)C(C)(C)C. The maximum atomic E-state index is 5.89. The third-order valence-corrected chi connectivity index (χ3v) is 6.96. The zero-order valence-corrected chi connectivity index (χ0v) is 10.3. The lowest BCUT2D eigenvalue weighted by atomic mass is 10.2. The molecule has 12 heavy (non-hydrogen) atoms. The first-order valence-electron chi connectivity index (χ1n) is 4.45. The van der Waals surface area contributed by atoms with Crippen LogP contribution in [0.15, 0.2) is 12.2 Å². The largest absolute Gasteiger partial charge is 0.413 e. The monoisotopic (exact) mass is 186 g/mol. The molecule has 0 fully saturated rings. The van der Waals surface area contributed by atoms with E-state index in [2.05, 4.69) is 40.4 Å². The Balaban J connectivity index is 4.14. The Labute approximate surface area is 78.0 Å². The van der Waals surface area contributed by atoms with Crippen LogP contribution in [0.4, 0.5) is 0 Å². The van der Waals surface area contributed by atoms with Gasteiger partial charge in [-0.2, -0.15) is 0 Å². The minimum atomic E-state index is -1.53. The van der Waals surface area contributed by atoms with E-state index in [1.54, 1.807) is 0 Å². The fourth-order valence-corrected chi connectivity index (χ4v) is 1.56. The van der Waals surface area contributed by atoms with Crippen molar-refractivity contribution < 1.29 is 4.43 Å². The number of hydrogen-bond acceptors (Lipinski definition) is 1. The van der Waals surface area contributed by atoms with Gasteiger partial charge < -0.3 is 4.43 Å². The molecule has 0 aromatic heterocycles. The molecule has 0 saturated carbocycles. The van der Waals surface area contributed by atoms with Crippen LogP contribution in [0, 0.1) is 0 Å². The molecule has 0 aliphatic heterocycles. The van der Waals surface area contributed by atoms with E-state index >= 15 is 0 Å². The van der Waals surface area contributed by atoms with Crippen LogP contribution in [0.25, 0.3) is 0 Å². The number of hydrogen-bond donors (Lipinski definition) is 0. The predicted octanol–water partition coefficient (Wildman–Crippen LogP) is 3.58. The number of rotatable bonds is 3. The summed E-state index contributed by atoms with van der Waals surface area (Å²) in [4.78, 5) is 0. The fraction of sp³-hybridized carbons (Fsp3) is 0.800. The highest BCUT2D eigenvalue weighted by Crippen LogP contribution is 2.36. The summed E-state index contributed by atoms with van der Waals surface area (Å²) in [7, 11) is -1.53. The summed E-state index contributed by atoms with van der Waals surface area (Å²) in [6.45, 7) is 17.8. The molecular weight excluding hydrogens is 164 g/mol. The molecule has 0 spiro atoms. The smallest absolute Gasteiger partial charge is 0.192 e. The van der Waals surface area contributed by atoms with Gasteiger partial charge in [-0.1, -0.05) is 32.9 Å². The van der Waals surface area contributed by atoms with Crippen molar-refractivity contribution in [1.82, 2.24) is 0 Å². The van der Waals surface area contributed by atoms with Crippen LogP contribution in [0.2, 0.25) is 18.1 Å². The second-order valence-corrected chi connectivity index (χ2v) is 9.82. The van der Waals surface area contributed by atoms with Gasteiger partial charge >= 0.3 is 0 Å². The Bertz CT molecular complexity index is 165. The molecule has 0 aliphatic carbocycles. The van der Waals surface area contributed by atoms with E-state index in [-0.39, 0.29) is 0 Å². The Morgan fingerprint density at radius 1 is 1.33 bits per heavy atom. The van der Waals surface area contributed by atoms with Gasteiger partial charge in [0, 0.05) is 0 Å². The zero-order valence-electron chi connectivity index (χ0n) is 9.32. The van der Waals surface area contributed by atoms with E-state index < -0.39 is 8.32 Å². The molecule has 1 nitrogen and oxygen atoms in total. The molecule has 0 amide bonds. The maximum absolute atomic E-state index is 5.89. The van der Waals surface area contributed by atoms with Crippen molar-refractivity contribution in [3.63, 3.8) is 0 Å². The van der Waals surface area contributed by atoms with Crippen LogP contribution >= 0.6 is 0 Å². The van der Waals surface area contributed by atoms with E-state index in [1.165, 1.54) is 0 Å². The maximum Gasteiger partial charge on any atom is 0.192 e. The van der Waals surface area contributed by atoms with Crippen molar-refractivity contribution in [2.45, 2.75) is 45.8 Å². The van der Waals surface area contributed by atoms with Gasteiger partial charge in [0.2, 0.25) is 0 Å². The van der Waals surface area contributed by atoms with Crippen molar-refractivity contribution in [3.8, 4) is 0 Å². The molecule has 2 heteroatoms. The van der Waals surface area contributed by atoms with E-state index in [4.69, 9.17) is 4.43 Å². The van der Waals surface area contributed by atoms with Gasteiger partial charge in [-0.3, -0.25) is 0 Å². The molecule has 0 bridgehead atoms. The average Bonchev–Trinajstić information content (AvgIpc) is 1.81. The molecule has 0 aliphatic rings. The summed E-state index contributed by atoms with van der Waals surface area (Å²) in [5.74, 6) is 0. The van der Waals surface area contributed by atoms with Crippen molar-refractivity contribution in [2.24, 2.45) is 0 Å². The van der Waals surface area contributed by atoms with Crippen molar-refractivity contribution in [2.75, 3.05) is 6.61 Å². The zero-order chi connectivity index (χ0) is 9.99. The van der Waals surface area contributed by atoms with E-state index in [0.717, 1.165) is 12.2 Å². The van der Waals surface area contributed by atoms with Crippen LogP contribution in [0.5, 0.6) is 0 Å². The topological polar surface area (TPSA) is 9.23 Å². The van der Waals surface area contributed by atoms with E-state index in [9.17, 15) is 0 Å². The third kappa shape index (κ3) is 3.54. The lowest BCUT2D eigenvalue weighted by Crippen LogP contribution is -2.41. The summed E-state index contributed by atoms with van der Waals surface area (Å²) in [6.07, 6.45) is 0. The molecule has 0 aromatic rings. The Morgan fingerprint density at radius 3 is 2.00 bits per heavy atom. The molecule has 0 atom stereocenters. The summed E-state index contributed by atoms with van der Waals surface area (Å²) >= 11 is 0. The fourth-order valence-electron chi connectivity index (χ4n) is 0.520. The molecule has 72 valence electrons. The first kappa shape index (κ1) is 11.9. The van der Waals surface area contributed by atoms with Crippen LogP contribution in [0.3, 0.4) is 0 Å². The third-order valence-electron chi connectivity index (χ3n) is 2.49. The lowest BCUT2D eigenvalue weighted by molar-refractivity contribution is 0.319. The quantitative estimate of drug-likeness (QED) is 0.483. The van der Waals surface area contributed by atoms with Gasteiger partial charge in [-0.25, -0.2) is 0 Å². The van der Waals surface area contributed by atoms with Crippen LogP contribution in [-0.4, -0.2) is 14.9 Å². The summed E-state index contributed by atoms with van der Waals surface area (Å²) < 4.78 is 5.89. The van der Waals surface area contributed by atoms with Crippen LogP contribution < -0.4 is 0 Å².